The Balaban J connectivity index is 1.91. The van der Waals surface area contributed by atoms with Crippen LogP contribution in [-0.2, 0) is 11.8 Å². The molecule has 1 aromatic carbocycles. The minimum atomic E-state index is -0.677. The minimum absolute atomic E-state index is 0.139. The van der Waals surface area contributed by atoms with Crippen LogP contribution >= 0.6 is 11.8 Å². The monoisotopic (exact) mass is 312 g/mol. The Hall–Kier alpha value is -1.96. The summed E-state index contributed by atoms with van der Waals surface area (Å²) in [4.78, 5) is 11.8. The van der Waals surface area contributed by atoms with Crippen molar-refractivity contribution in [1.82, 2.24) is 20.1 Å². The maximum absolute atomic E-state index is 13.6. The molecule has 0 saturated heterocycles. The second kappa shape index (κ2) is 6.66. The molecular formula is C13H14F2N4OS. The van der Waals surface area contributed by atoms with Gasteiger partial charge in [0.1, 0.15) is 18.0 Å². The smallest absolute Gasteiger partial charge is 0.230 e. The molecule has 8 heteroatoms. The summed E-state index contributed by atoms with van der Waals surface area (Å²) < 4.78 is 28.1. The average molecular weight is 312 g/mol. The fourth-order valence-corrected chi connectivity index (χ4v) is 2.45. The van der Waals surface area contributed by atoms with Gasteiger partial charge in [-0.15, -0.1) is 10.2 Å². The molecule has 0 aliphatic carbocycles. The molecule has 1 heterocycles. The molecule has 0 aliphatic heterocycles. The van der Waals surface area contributed by atoms with Crippen LogP contribution in [0.2, 0.25) is 0 Å². The summed E-state index contributed by atoms with van der Waals surface area (Å²) in [5.41, 5.74) is 0.244. The molecule has 0 fully saturated rings. The van der Waals surface area contributed by atoms with Crippen LogP contribution in [0.15, 0.2) is 29.7 Å². The van der Waals surface area contributed by atoms with Gasteiger partial charge in [0.05, 0.1) is 11.8 Å². The van der Waals surface area contributed by atoms with Gasteiger partial charge in [0, 0.05) is 18.7 Å². The highest BCUT2D eigenvalue weighted by Crippen LogP contribution is 2.18. The first-order valence-electron chi connectivity index (χ1n) is 6.18. The summed E-state index contributed by atoms with van der Waals surface area (Å²) in [5, 5.41) is 10.8. The quantitative estimate of drug-likeness (QED) is 0.859. The number of hydrogen-bond donors (Lipinski definition) is 1. The predicted molar refractivity (Wildman–Crippen MR) is 74.6 cm³/mol. The second-order valence-electron chi connectivity index (χ2n) is 4.47. The molecular weight excluding hydrogens is 298 g/mol. The topological polar surface area (TPSA) is 59.8 Å². The molecule has 1 amide bonds. The van der Waals surface area contributed by atoms with Crippen molar-refractivity contribution in [2.45, 2.75) is 18.1 Å². The van der Waals surface area contributed by atoms with Gasteiger partial charge in [0.2, 0.25) is 5.91 Å². The van der Waals surface area contributed by atoms with Crippen LogP contribution in [0.25, 0.3) is 0 Å². The Kier molecular flexibility index (Phi) is 4.89. The van der Waals surface area contributed by atoms with Gasteiger partial charge < -0.3 is 9.88 Å². The van der Waals surface area contributed by atoms with E-state index < -0.39 is 17.7 Å². The summed E-state index contributed by atoms with van der Waals surface area (Å²) in [5.74, 6) is -1.45. The number of halogens is 2. The zero-order chi connectivity index (χ0) is 15.4. The van der Waals surface area contributed by atoms with Crippen LogP contribution in [0.1, 0.15) is 18.5 Å². The normalized spacial score (nSPS) is 12.2. The molecule has 0 aliphatic rings. The van der Waals surface area contributed by atoms with Crippen molar-refractivity contribution in [2.24, 2.45) is 7.05 Å². The van der Waals surface area contributed by atoms with Crippen molar-refractivity contribution in [2.75, 3.05) is 5.75 Å². The van der Waals surface area contributed by atoms with Crippen LogP contribution < -0.4 is 5.32 Å². The van der Waals surface area contributed by atoms with Gasteiger partial charge in [-0.3, -0.25) is 4.79 Å². The fraction of sp³-hybridized carbons (Fsp3) is 0.308. The van der Waals surface area contributed by atoms with Crippen molar-refractivity contribution in [3.63, 3.8) is 0 Å². The molecule has 0 spiro atoms. The first-order chi connectivity index (χ1) is 9.97. The fourth-order valence-electron chi connectivity index (χ4n) is 1.75. The lowest BCUT2D eigenvalue weighted by atomic mass is 10.1. The number of hydrogen-bond acceptors (Lipinski definition) is 4. The molecule has 21 heavy (non-hydrogen) atoms. The lowest BCUT2D eigenvalue weighted by Gasteiger charge is -2.15. The van der Waals surface area contributed by atoms with E-state index in [2.05, 4.69) is 15.5 Å². The van der Waals surface area contributed by atoms with Gasteiger partial charge in [-0.25, -0.2) is 8.78 Å². The predicted octanol–water partition coefficient (Wildman–Crippen LogP) is 2.06. The van der Waals surface area contributed by atoms with Crippen LogP contribution in [0.5, 0.6) is 0 Å². The number of aromatic nitrogens is 3. The molecule has 0 bridgehead atoms. The van der Waals surface area contributed by atoms with Gasteiger partial charge in [-0.1, -0.05) is 17.8 Å². The Morgan fingerprint density at radius 1 is 1.48 bits per heavy atom. The lowest BCUT2D eigenvalue weighted by Crippen LogP contribution is -2.28. The van der Waals surface area contributed by atoms with E-state index in [0.717, 1.165) is 12.1 Å². The molecule has 5 nitrogen and oxygen atoms in total. The van der Waals surface area contributed by atoms with Crippen LogP contribution in [0, 0.1) is 11.6 Å². The van der Waals surface area contributed by atoms with Crippen LogP contribution in [0.3, 0.4) is 0 Å². The van der Waals surface area contributed by atoms with Gasteiger partial charge in [-0.05, 0) is 13.0 Å². The number of thioether (sulfide) groups is 1. The Labute approximate surface area is 124 Å². The van der Waals surface area contributed by atoms with E-state index in [1.54, 1.807) is 18.5 Å². The Bertz CT molecular complexity index is 647. The van der Waals surface area contributed by atoms with Crippen molar-refractivity contribution in [3.05, 3.63) is 41.7 Å². The zero-order valence-electron chi connectivity index (χ0n) is 11.5. The van der Waals surface area contributed by atoms with Crippen molar-refractivity contribution in [3.8, 4) is 0 Å². The van der Waals surface area contributed by atoms with E-state index in [-0.39, 0.29) is 17.2 Å². The van der Waals surface area contributed by atoms with Gasteiger partial charge in [0.15, 0.2) is 5.16 Å². The summed E-state index contributed by atoms with van der Waals surface area (Å²) in [6.45, 7) is 1.64. The number of rotatable bonds is 5. The molecule has 112 valence electrons. The number of carbonyl (C=O) groups excluding carboxylic acids is 1. The third-order valence-electron chi connectivity index (χ3n) is 2.81. The Morgan fingerprint density at radius 3 is 2.86 bits per heavy atom. The molecule has 0 saturated carbocycles. The summed E-state index contributed by atoms with van der Waals surface area (Å²) in [6.07, 6.45) is 1.54. The SMILES string of the molecule is CC(NC(=O)CSc1nncn1C)c1ccc(F)cc1F. The number of aryl methyl sites for hydroxylation is 1. The molecule has 1 unspecified atom stereocenters. The van der Waals surface area contributed by atoms with Crippen LogP contribution in [-0.4, -0.2) is 26.4 Å². The van der Waals surface area contributed by atoms with E-state index in [0.29, 0.717) is 5.16 Å². The largest absolute Gasteiger partial charge is 0.349 e. The summed E-state index contributed by atoms with van der Waals surface area (Å²) in [7, 11) is 1.77. The second-order valence-corrected chi connectivity index (χ2v) is 5.41. The Morgan fingerprint density at radius 2 is 2.24 bits per heavy atom. The van der Waals surface area contributed by atoms with E-state index in [1.165, 1.54) is 24.2 Å². The summed E-state index contributed by atoms with van der Waals surface area (Å²) in [6, 6.07) is 2.74. The highest BCUT2D eigenvalue weighted by Gasteiger charge is 2.15. The van der Waals surface area contributed by atoms with Crippen LogP contribution in [0.4, 0.5) is 8.78 Å². The van der Waals surface area contributed by atoms with E-state index in [4.69, 9.17) is 0 Å². The summed E-state index contributed by atoms with van der Waals surface area (Å²) >= 11 is 1.23. The maximum Gasteiger partial charge on any atom is 0.230 e. The third-order valence-corrected chi connectivity index (χ3v) is 3.84. The highest BCUT2D eigenvalue weighted by atomic mass is 32.2. The lowest BCUT2D eigenvalue weighted by molar-refractivity contribution is -0.119. The van der Waals surface area contributed by atoms with Gasteiger partial charge in [-0.2, -0.15) is 0 Å². The van der Waals surface area contributed by atoms with Crippen molar-refractivity contribution in [1.29, 1.82) is 0 Å². The number of nitrogens with zero attached hydrogens (tertiary/aromatic N) is 3. The zero-order valence-corrected chi connectivity index (χ0v) is 12.3. The maximum atomic E-state index is 13.6. The number of amides is 1. The van der Waals surface area contributed by atoms with Crippen molar-refractivity contribution < 1.29 is 13.6 Å². The minimum Gasteiger partial charge on any atom is -0.349 e. The number of benzene rings is 1. The number of carbonyl (C=O) groups is 1. The highest BCUT2D eigenvalue weighted by molar-refractivity contribution is 7.99. The van der Waals surface area contributed by atoms with E-state index in [9.17, 15) is 13.6 Å². The van der Waals surface area contributed by atoms with E-state index >= 15 is 0 Å². The molecule has 1 atom stereocenters. The average Bonchev–Trinajstić information content (AvgIpc) is 2.81. The van der Waals surface area contributed by atoms with Gasteiger partial charge in [0.25, 0.3) is 0 Å². The molecule has 2 aromatic rings. The molecule has 1 N–H and O–H groups in total. The third kappa shape index (κ3) is 4.01. The van der Waals surface area contributed by atoms with E-state index in [1.807, 2.05) is 0 Å². The molecule has 2 rings (SSSR count). The molecule has 1 aromatic heterocycles. The first-order valence-corrected chi connectivity index (χ1v) is 7.17. The van der Waals surface area contributed by atoms with Gasteiger partial charge >= 0.3 is 0 Å². The first kappa shape index (κ1) is 15.4. The number of nitrogens with one attached hydrogen (secondary N) is 1. The standard InChI is InChI=1S/C13H14F2N4OS/c1-8(10-4-3-9(14)5-11(10)15)17-12(20)6-21-13-18-16-7-19(13)2/h3-5,7-8H,6H2,1-2H3,(H,17,20). The van der Waals surface area contributed by atoms with Crippen molar-refractivity contribution >= 4 is 17.7 Å². The molecule has 0 radical (unpaired) electrons.